The highest BCUT2D eigenvalue weighted by Crippen LogP contribution is 2.20. The second-order valence-electron chi connectivity index (χ2n) is 7.09. The van der Waals surface area contributed by atoms with Gasteiger partial charge in [0.25, 0.3) is 5.56 Å². The van der Waals surface area contributed by atoms with Crippen LogP contribution in [-0.4, -0.2) is 14.5 Å². The maximum atomic E-state index is 12.9. The van der Waals surface area contributed by atoms with Crippen molar-refractivity contribution >= 4 is 23.1 Å². The van der Waals surface area contributed by atoms with Gasteiger partial charge in [0.05, 0.1) is 16.6 Å². The van der Waals surface area contributed by atoms with E-state index in [1.165, 1.54) is 0 Å². The smallest absolute Gasteiger partial charge is 0.261 e. The van der Waals surface area contributed by atoms with Crippen molar-refractivity contribution in [2.75, 3.05) is 0 Å². The summed E-state index contributed by atoms with van der Waals surface area (Å²) < 4.78 is 1.85. The van der Waals surface area contributed by atoms with E-state index in [1.807, 2.05) is 53.1 Å². The summed E-state index contributed by atoms with van der Waals surface area (Å²) in [6.45, 7) is 2.98. The standard InChI is InChI=1S/C22H20N4O/c1-15-5-10-21-25-20-13-16(6-8-17-3-2-4-18(14-23)24-17)7-9-19(20)22(27)26(21)12-11-15/h2-4,6-9,13,15H,5,10-12H2,1H3/b8-6+. The van der Waals surface area contributed by atoms with E-state index in [-0.39, 0.29) is 5.56 Å². The quantitative estimate of drug-likeness (QED) is 0.700. The van der Waals surface area contributed by atoms with Gasteiger partial charge in [-0.1, -0.05) is 25.1 Å². The maximum Gasteiger partial charge on any atom is 0.261 e. The van der Waals surface area contributed by atoms with Gasteiger partial charge in [0.15, 0.2) is 0 Å². The second-order valence-corrected chi connectivity index (χ2v) is 7.09. The molecule has 0 amide bonds. The molecule has 3 aromatic rings. The summed E-state index contributed by atoms with van der Waals surface area (Å²) in [7, 11) is 0. The SMILES string of the molecule is CC1CCc2nc3cc(/C=C/c4cccc(C#N)n4)ccc3c(=O)n2CC1. The molecule has 0 saturated carbocycles. The van der Waals surface area contributed by atoms with E-state index in [0.29, 0.717) is 17.0 Å². The van der Waals surface area contributed by atoms with E-state index in [4.69, 9.17) is 10.2 Å². The van der Waals surface area contributed by atoms with E-state index >= 15 is 0 Å². The van der Waals surface area contributed by atoms with Crippen LogP contribution in [0.25, 0.3) is 23.1 Å². The molecule has 1 atom stereocenters. The molecule has 0 aliphatic carbocycles. The van der Waals surface area contributed by atoms with Crippen LogP contribution in [0, 0.1) is 17.2 Å². The zero-order valence-corrected chi connectivity index (χ0v) is 15.2. The molecule has 5 nitrogen and oxygen atoms in total. The second kappa shape index (κ2) is 7.16. The van der Waals surface area contributed by atoms with Gasteiger partial charge in [0, 0.05) is 13.0 Å². The summed E-state index contributed by atoms with van der Waals surface area (Å²) in [5.74, 6) is 1.51. The normalized spacial score (nSPS) is 16.8. The number of hydrogen-bond donors (Lipinski definition) is 0. The minimum Gasteiger partial charge on any atom is -0.296 e. The number of hydrogen-bond acceptors (Lipinski definition) is 4. The molecule has 0 bridgehead atoms. The van der Waals surface area contributed by atoms with E-state index in [2.05, 4.69) is 11.9 Å². The van der Waals surface area contributed by atoms with E-state index in [9.17, 15) is 4.79 Å². The van der Waals surface area contributed by atoms with Crippen molar-refractivity contribution in [3.05, 3.63) is 69.5 Å². The Labute approximate surface area is 157 Å². The van der Waals surface area contributed by atoms with Gasteiger partial charge in [-0.15, -0.1) is 0 Å². The molecule has 0 radical (unpaired) electrons. The third-order valence-electron chi connectivity index (χ3n) is 5.10. The summed E-state index contributed by atoms with van der Waals surface area (Å²) in [5.41, 5.74) is 2.86. The Morgan fingerprint density at radius 2 is 2.07 bits per heavy atom. The predicted octanol–water partition coefficient (Wildman–Crippen LogP) is 3.81. The lowest BCUT2D eigenvalue weighted by Crippen LogP contribution is -2.24. The minimum absolute atomic E-state index is 0.0583. The number of nitrogens with zero attached hydrogens (tertiary/aromatic N) is 4. The van der Waals surface area contributed by atoms with Crippen LogP contribution in [0.15, 0.2) is 41.2 Å². The molecule has 1 aliphatic heterocycles. The van der Waals surface area contributed by atoms with Gasteiger partial charge in [-0.3, -0.25) is 9.36 Å². The first-order valence-electron chi connectivity index (χ1n) is 9.23. The van der Waals surface area contributed by atoms with Crippen molar-refractivity contribution in [1.29, 1.82) is 5.26 Å². The highest BCUT2D eigenvalue weighted by Gasteiger charge is 2.16. The monoisotopic (exact) mass is 356 g/mol. The van der Waals surface area contributed by atoms with Gasteiger partial charge < -0.3 is 0 Å². The summed E-state index contributed by atoms with van der Waals surface area (Å²) >= 11 is 0. The molecule has 134 valence electrons. The number of pyridine rings is 1. The number of fused-ring (bicyclic) bond motifs is 2. The van der Waals surface area contributed by atoms with Crippen LogP contribution in [0.5, 0.6) is 0 Å². The summed E-state index contributed by atoms with van der Waals surface area (Å²) in [5, 5.41) is 9.61. The van der Waals surface area contributed by atoms with Crippen molar-refractivity contribution < 1.29 is 0 Å². The average molecular weight is 356 g/mol. The Morgan fingerprint density at radius 3 is 2.93 bits per heavy atom. The average Bonchev–Trinajstić information content (AvgIpc) is 2.88. The molecule has 1 aliphatic rings. The zero-order chi connectivity index (χ0) is 18.8. The van der Waals surface area contributed by atoms with Gasteiger partial charge in [-0.25, -0.2) is 9.97 Å². The fourth-order valence-electron chi connectivity index (χ4n) is 3.47. The lowest BCUT2D eigenvalue weighted by molar-refractivity contribution is 0.484. The lowest BCUT2D eigenvalue weighted by atomic mass is 10.0. The Morgan fingerprint density at radius 1 is 1.19 bits per heavy atom. The molecule has 27 heavy (non-hydrogen) atoms. The van der Waals surface area contributed by atoms with Crippen molar-refractivity contribution in [1.82, 2.24) is 14.5 Å². The molecule has 1 aromatic carbocycles. The molecule has 0 spiro atoms. The largest absolute Gasteiger partial charge is 0.296 e. The van der Waals surface area contributed by atoms with Gasteiger partial charge in [-0.2, -0.15) is 5.26 Å². The Balaban J connectivity index is 1.71. The Bertz CT molecular complexity index is 1140. The first-order chi connectivity index (χ1) is 13.1. The van der Waals surface area contributed by atoms with Crippen molar-refractivity contribution in [3.63, 3.8) is 0 Å². The van der Waals surface area contributed by atoms with Crippen LogP contribution >= 0.6 is 0 Å². The predicted molar refractivity (Wildman–Crippen MR) is 106 cm³/mol. The summed E-state index contributed by atoms with van der Waals surface area (Å²) in [6.07, 6.45) is 6.72. The zero-order valence-electron chi connectivity index (χ0n) is 15.2. The van der Waals surface area contributed by atoms with Gasteiger partial charge in [-0.05, 0) is 54.7 Å². The van der Waals surface area contributed by atoms with Gasteiger partial charge >= 0.3 is 0 Å². The number of benzene rings is 1. The van der Waals surface area contributed by atoms with Crippen LogP contribution in [0.1, 0.15) is 42.5 Å². The molecular weight excluding hydrogens is 336 g/mol. The first kappa shape index (κ1) is 17.2. The highest BCUT2D eigenvalue weighted by molar-refractivity contribution is 5.82. The highest BCUT2D eigenvalue weighted by atomic mass is 16.1. The molecule has 1 unspecified atom stereocenters. The fourth-order valence-corrected chi connectivity index (χ4v) is 3.47. The molecule has 0 fully saturated rings. The topological polar surface area (TPSA) is 71.6 Å². The number of aromatic nitrogens is 3. The van der Waals surface area contributed by atoms with Gasteiger partial charge in [0.1, 0.15) is 17.6 Å². The molecule has 4 rings (SSSR count). The Hall–Kier alpha value is -3.26. The number of aryl methyl sites for hydroxylation is 1. The molecular formula is C22H20N4O. The minimum atomic E-state index is 0.0583. The Kier molecular flexibility index (Phi) is 4.55. The van der Waals surface area contributed by atoms with Crippen molar-refractivity contribution in [2.24, 2.45) is 5.92 Å². The molecule has 0 N–H and O–H groups in total. The van der Waals surface area contributed by atoms with Crippen LogP contribution in [-0.2, 0) is 13.0 Å². The molecule has 0 saturated heterocycles. The van der Waals surface area contributed by atoms with Crippen LogP contribution < -0.4 is 5.56 Å². The summed E-state index contributed by atoms with van der Waals surface area (Å²) in [6, 6.07) is 13.1. The summed E-state index contributed by atoms with van der Waals surface area (Å²) in [4.78, 5) is 21.9. The number of rotatable bonds is 2. The third-order valence-corrected chi connectivity index (χ3v) is 5.10. The van der Waals surface area contributed by atoms with Gasteiger partial charge in [0.2, 0.25) is 0 Å². The third kappa shape index (κ3) is 3.52. The van der Waals surface area contributed by atoms with Crippen LogP contribution in [0.3, 0.4) is 0 Å². The van der Waals surface area contributed by atoms with Crippen molar-refractivity contribution in [2.45, 2.75) is 32.7 Å². The lowest BCUT2D eigenvalue weighted by Gasteiger charge is -2.10. The van der Waals surface area contributed by atoms with E-state index < -0.39 is 0 Å². The molecule has 2 aromatic heterocycles. The van der Waals surface area contributed by atoms with Crippen LogP contribution in [0.4, 0.5) is 0 Å². The van der Waals surface area contributed by atoms with E-state index in [1.54, 1.807) is 6.07 Å². The van der Waals surface area contributed by atoms with Crippen LogP contribution in [0.2, 0.25) is 0 Å². The number of nitriles is 1. The fraction of sp³-hybridized carbons (Fsp3) is 0.273. The molecule has 5 heteroatoms. The van der Waals surface area contributed by atoms with E-state index in [0.717, 1.165) is 48.4 Å². The first-order valence-corrected chi connectivity index (χ1v) is 9.23. The maximum absolute atomic E-state index is 12.9. The van der Waals surface area contributed by atoms with Crippen molar-refractivity contribution in [3.8, 4) is 6.07 Å². The molecule has 3 heterocycles.